The van der Waals surface area contributed by atoms with E-state index in [2.05, 4.69) is 15.3 Å². The summed E-state index contributed by atoms with van der Waals surface area (Å²) in [5.41, 5.74) is 5.09. The van der Waals surface area contributed by atoms with Crippen molar-refractivity contribution in [2.24, 2.45) is 0 Å². The van der Waals surface area contributed by atoms with Crippen LogP contribution in [0.3, 0.4) is 0 Å². The van der Waals surface area contributed by atoms with Crippen LogP contribution in [0.15, 0.2) is 42.5 Å². The normalized spacial score (nSPS) is 10.8. The van der Waals surface area contributed by atoms with E-state index in [0.717, 1.165) is 33.9 Å². The highest BCUT2D eigenvalue weighted by atomic mass is 16.5. The number of nitrogens with zero attached hydrogens (tertiary/aromatic N) is 2. The first-order chi connectivity index (χ1) is 16.8. The van der Waals surface area contributed by atoms with Gasteiger partial charge in [-0.25, -0.2) is 0 Å². The number of carbonyl (C=O) groups excluding carboxylic acids is 1. The van der Waals surface area contributed by atoms with E-state index in [0.29, 0.717) is 29.5 Å². The molecule has 0 aliphatic rings. The highest BCUT2D eigenvalue weighted by Gasteiger charge is 2.10. The standard InChI is InChI=1S/C27H31N3O5/c1-17-18(2)30-24(19(3)29-17)16-35-25-9-7-21(13-26(25)34-6)15-28-27(31)10-8-20-11-22(32-4)14-23(12-20)33-5/h7-14H,15-16H2,1-6H3,(H,28,31)/b10-8+. The Hall–Kier alpha value is -4.07. The first kappa shape index (κ1) is 25.6. The number of hydrogen-bond acceptors (Lipinski definition) is 7. The highest BCUT2D eigenvalue weighted by molar-refractivity contribution is 5.91. The lowest BCUT2D eigenvalue weighted by Crippen LogP contribution is -2.20. The quantitative estimate of drug-likeness (QED) is 0.435. The molecule has 0 radical (unpaired) electrons. The SMILES string of the molecule is COc1cc(/C=C/C(=O)NCc2ccc(OCc3nc(C)c(C)nc3C)c(OC)c2)cc(OC)c1. The van der Waals surface area contributed by atoms with Gasteiger partial charge >= 0.3 is 0 Å². The smallest absolute Gasteiger partial charge is 0.244 e. The average Bonchev–Trinajstić information content (AvgIpc) is 2.87. The van der Waals surface area contributed by atoms with Gasteiger partial charge in [-0.3, -0.25) is 14.8 Å². The molecular weight excluding hydrogens is 446 g/mol. The van der Waals surface area contributed by atoms with Gasteiger partial charge in [-0.1, -0.05) is 6.07 Å². The first-order valence-electron chi connectivity index (χ1n) is 11.1. The molecule has 1 heterocycles. The van der Waals surface area contributed by atoms with E-state index in [-0.39, 0.29) is 12.5 Å². The van der Waals surface area contributed by atoms with Crippen molar-refractivity contribution in [2.45, 2.75) is 33.9 Å². The van der Waals surface area contributed by atoms with E-state index >= 15 is 0 Å². The fourth-order valence-electron chi connectivity index (χ4n) is 3.33. The van der Waals surface area contributed by atoms with Crippen LogP contribution in [0.25, 0.3) is 6.08 Å². The number of nitrogens with one attached hydrogen (secondary N) is 1. The van der Waals surface area contributed by atoms with Crippen molar-refractivity contribution in [1.29, 1.82) is 0 Å². The minimum absolute atomic E-state index is 0.227. The third kappa shape index (κ3) is 6.96. The Morgan fingerprint density at radius 2 is 1.54 bits per heavy atom. The number of aromatic nitrogens is 2. The minimum atomic E-state index is -0.227. The molecule has 0 bridgehead atoms. The minimum Gasteiger partial charge on any atom is -0.497 e. The Labute approximate surface area is 205 Å². The lowest BCUT2D eigenvalue weighted by Gasteiger charge is -2.13. The number of carbonyl (C=O) groups is 1. The van der Waals surface area contributed by atoms with Crippen LogP contribution in [0.4, 0.5) is 0 Å². The number of hydrogen-bond donors (Lipinski definition) is 1. The monoisotopic (exact) mass is 477 g/mol. The Morgan fingerprint density at radius 3 is 2.20 bits per heavy atom. The van der Waals surface area contributed by atoms with Crippen LogP contribution in [0.1, 0.15) is 33.9 Å². The van der Waals surface area contributed by atoms with E-state index in [1.807, 2.05) is 51.1 Å². The number of rotatable bonds is 10. The van der Waals surface area contributed by atoms with Crippen LogP contribution in [0.5, 0.6) is 23.0 Å². The molecule has 1 N–H and O–H groups in total. The summed E-state index contributed by atoms with van der Waals surface area (Å²) in [6, 6.07) is 11.0. The van der Waals surface area contributed by atoms with Crippen molar-refractivity contribution in [2.75, 3.05) is 21.3 Å². The Morgan fingerprint density at radius 1 is 0.857 bits per heavy atom. The van der Waals surface area contributed by atoms with E-state index in [1.54, 1.807) is 33.5 Å². The molecular formula is C27H31N3O5. The number of benzene rings is 2. The molecule has 3 aromatic rings. The predicted octanol–water partition coefficient (Wildman–Crippen LogP) is 4.34. The van der Waals surface area contributed by atoms with Gasteiger partial charge in [-0.05, 0) is 62.2 Å². The van der Waals surface area contributed by atoms with E-state index in [4.69, 9.17) is 18.9 Å². The lowest BCUT2D eigenvalue weighted by molar-refractivity contribution is -0.116. The Bertz CT molecular complexity index is 1200. The summed E-state index contributed by atoms with van der Waals surface area (Å²) in [4.78, 5) is 21.4. The molecule has 8 nitrogen and oxygen atoms in total. The number of aryl methyl sites for hydroxylation is 3. The van der Waals surface area contributed by atoms with Crippen molar-refractivity contribution in [3.8, 4) is 23.0 Å². The summed E-state index contributed by atoms with van der Waals surface area (Å²) in [5, 5.41) is 2.87. The van der Waals surface area contributed by atoms with Crippen LogP contribution in [0, 0.1) is 20.8 Å². The number of amides is 1. The molecule has 0 unspecified atom stereocenters. The summed E-state index contributed by atoms with van der Waals surface area (Å²) in [5.74, 6) is 2.24. The molecule has 0 atom stereocenters. The molecule has 1 aromatic heterocycles. The molecule has 8 heteroatoms. The fraction of sp³-hybridized carbons (Fsp3) is 0.296. The van der Waals surface area contributed by atoms with E-state index in [1.165, 1.54) is 6.08 Å². The second-order valence-corrected chi connectivity index (χ2v) is 7.90. The fourth-order valence-corrected chi connectivity index (χ4v) is 3.33. The van der Waals surface area contributed by atoms with Crippen LogP contribution >= 0.6 is 0 Å². The summed E-state index contributed by atoms with van der Waals surface area (Å²) in [6.07, 6.45) is 3.17. The van der Waals surface area contributed by atoms with Gasteiger partial charge in [0.25, 0.3) is 0 Å². The van der Waals surface area contributed by atoms with Crippen LogP contribution in [-0.2, 0) is 17.9 Å². The van der Waals surface area contributed by atoms with Crippen molar-refractivity contribution in [3.63, 3.8) is 0 Å². The molecule has 0 saturated carbocycles. The zero-order chi connectivity index (χ0) is 25.4. The lowest BCUT2D eigenvalue weighted by atomic mass is 10.1. The summed E-state index contributed by atoms with van der Waals surface area (Å²) >= 11 is 0. The van der Waals surface area contributed by atoms with Gasteiger partial charge in [0.1, 0.15) is 18.1 Å². The number of methoxy groups -OCH3 is 3. The van der Waals surface area contributed by atoms with Crippen molar-refractivity contribution >= 4 is 12.0 Å². The molecule has 35 heavy (non-hydrogen) atoms. The molecule has 1 amide bonds. The summed E-state index contributed by atoms with van der Waals surface area (Å²) in [6.45, 7) is 6.40. The van der Waals surface area contributed by atoms with Crippen LogP contribution < -0.4 is 24.3 Å². The zero-order valence-corrected chi connectivity index (χ0v) is 21.0. The Balaban J connectivity index is 1.61. The van der Waals surface area contributed by atoms with Gasteiger partial charge in [0, 0.05) is 18.7 Å². The van der Waals surface area contributed by atoms with Gasteiger partial charge in [0.15, 0.2) is 11.5 Å². The molecule has 3 rings (SSSR count). The Kier molecular flexibility index (Phi) is 8.67. The maximum absolute atomic E-state index is 12.3. The van der Waals surface area contributed by atoms with Crippen LogP contribution in [-0.4, -0.2) is 37.2 Å². The predicted molar refractivity (Wildman–Crippen MR) is 134 cm³/mol. The first-order valence-corrected chi connectivity index (χ1v) is 11.1. The maximum atomic E-state index is 12.3. The molecule has 2 aromatic carbocycles. The third-order valence-electron chi connectivity index (χ3n) is 5.44. The van der Waals surface area contributed by atoms with Crippen molar-refractivity contribution < 1.29 is 23.7 Å². The van der Waals surface area contributed by atoms with Crippen molar-refractivity contribution in [3.05, 3.63) is 76.4 Å². The van der Waals surface area contributed by atoms with Gasteiger partial charge in [0.05, 0.1) is 44.1 Å². The van der Waals surface area contributed by atoms with Gasteiger partial charge in [-0.15, -0.1) is 0 Å². The average molecular weight is 478 g/mol. The van der Waals surface area contributed by atoms with Crippen molar-refractivity contribution in [1.82, 2.24) is 15.3 Å². The zero-order valence-electron chi connectivity index (χ0n) is 21.0. The molecule has 0 saturated heterocycles. The van der Waals surface area contributed by atoms with Crippen LogP contribution in [0.2, 0.25) is 0 Å². The van der Waals surface area contributed by atoms with Gasteiger partial charge in [-0.2, -0.15) is 0 Å². The molecule has 0 aliphatic heterocycles. The topological polar surface area (TPSA) is 91.8 Å². The molecule has 184 valence electrons. The van der Waals surface area contributed by atoms with E-state index in [9.17, 15) is 4.79 Å². The molecule has 0 fully saturated rings. The number of ether oxygens (including phenoxy) is 4. The highest BCUT2D eigenvalue weighted by Crippen LogP contribution is 2.29. The second kappa shape index (κ2) is 11.9. The maximum Gasteiger partial charge on any atom is 0.244 e. The summed E-state index contributed by atoms with van der Waals surface area (Å²) in [7, 11) is 4.74. The third-order valence-corrected chi connectivity index (χ3v) is 5.44. The van der Waals surface area contributed by atoms with E-state index < -0.39 is 0 Å². The molecule has 0 aliphatic carbocycles. The molecule has 0 spiro atoms. The summed E-state index contributed by atoms with van der Waals surface area (Å²) < 4.78 is 22.0. The second-order valence-electron chi connectivity index (χ2n) is 7.90. The van der Waals surface area contributed by atoms with Gasteiger partial charge in [0.2, 0.25) is 5.91 Å². The largest absolute Gasteiger partial charge is 0.497 e. The van der Waals surface area contributed by atoms with Gasteiger partial charge < -0.3 is 24.3 Å².